The van der Waals surface area contributed by atoms with Gasteiger partial charge in [0.25, 0.3) is 5.91 Å². The third-order valence-electron chi connectivity index (χ3n) is 3.49. The Morgan fingerprint density at radius 3 is 2.91 bits per heavy atom. The van der Waals surface area contributed by atoms with Crippen molar-refractivity contribution in [2.75, 3.05) is 18.4 Å². The lowest BCUT2D eigenvalue weighted by molar-refractivity contribution is 0.0949. The van der Waals surface area contributed by atoms with E-state index < -0.39 is 0 Å². The van der Waals surface area contributed by atoms with Gasteiger partial charge in [-0.1, -0.05) is 25.1 Å². The van der Waals surface area contributed by atoms with Crippen LogP contribution in [-0.4, -0.2) is 29.0 Å². The monoisotopic (exact) mass is 310 g/mol. The van der Waals surface area contributed by atoms with Gasteiger partial charge in [0.15, 0.2) is 12.1 Å². The summed E-state index contributed by atoms with van der Waals surface area (Å²) in [5, 5.41) is 7.11. The molecule has 6 heteroatoms. The summed E-state index contributed by atoms with van der Waals surface area (Å²) >= 11 is 0. The maximum absolute atomic E-state index is 12.0. The molecule has 1 amide bonds. The van der Waals surface area contributed by atoms with Crippen LogP contribution in [-0.2, 0) is 6.42 Å². The molecule has 6 nitrogen and oxygen atoms in total. The number of carbonyl (C=O) groups is 1. The molecule has 0 aliphatic rings. The Labute approximate surface area is 133 Å². The van der Waals surface area contributed by atoms with Crippen LogP contribution in [0.4, 0.5) is 5.82 Å². The molecule has 0 saturated carbocycles. The summed E-state index contributed by atoms with van der Waals surface area (Å²) in [6, 6.07) is 11.9. The highest BCUT2D eigenvalue weighted by Gasteiger charge is 2.14. The number of benzene rings is 1. The first kappa shape index (κ1) is 15.0. The number of hydrogen-bond donors (Lipinski definition) is 2. The molecule has 0 unspecified atom stereocenters. The molecule has 3 aromatic rings. The fourth-order valence-electron chi connectivity index (χ4n) is 2.32. The lowest BCUT2D eigenvalue weighted by Crippen LogP contribution is -2.29. The van der Waals surface area contributed by atoms with Crippen LogP contribution < -0.4 is 10.6 Å². The molecule has 0 radical (unpaired) electrons. The van der Waals surface area contributed by atoms with Gasteiger partial charge in [0.05, 0.1) is 5.52 Å². The van der Waals surface area contributed by atoms with Crippen molar-refractivity contribution in [1.29, 1.82) is 0 Å². The number of hydrogen-bond acceptors (Lipinski definition) is 5. The van der Waals surface area contributed by atoms with Gasteiger partial charge in [0.2, 0.25) is 0 Å². The SMILES string of the molecule is CCc1ocnc1C(=O)NCCNc1ccc2ccccc2n1. The van der Waals surface area contributed by atoms with E-state index in [1.54, 1.807) is 0 Å². The van der Waals surface area contributed by atoms with Crippen LogP contribution in [0.2, 0.25) is 0 Å². The lowest BCUT2D eigenvalue weighted by atomic mass is 10.2. The molecule has 2 N–H and O–H groups in total. The maximum Gasteiger partial charge on any atom is 0.273 e. The molecule has 0 bridgehead atoms. The molecule has 2 aromatic heterocycles. The van der Waals surface area contributed by atoms with Gasteiger partial charge in [-0.25, -0.2) is 9.97 Å². The summed E-state index contributed by atoms with van der Waals surface area (Å²) in [5.41, 5.74) is 1.30. The highest BCUT2D eigenvalue weighted by atomic mass is 16.3. The minimum atomic E-state index is -0.219. The van der Waals surface area contributed by atoms with Gasteiger partial charge >= 0.3 is 0 Å². The second-order valence-electron chi connectivity index (χ2n) is 5.05. The van der Waals surface area contributed by atoms with Crippen molar-refractivity contribution in [1.82, 2.24) is 15.3 Å². The Kier molecular flexibility index (Phi) is 4.52. The van der Waals surface area contributed by atoms with Gasteiger partial charge in [0.1, 0.15) is 11.6 Å². The summed E-state index contributed by atoms with van der Waals surface area (Å²) < 4.78 is 5.15. The van der Waals surface area contributed by atoms with E-state index in [4.69, 9.17) is 4.42 Å². The molecule has 2 heterocycles. The smallest absolute Gasteiger partial charge is 0.273 e. The number of rotatable bonds is 6. The Hall–Kier alpha value is -2.89. The first-order valence-corrected chi connectivity index (χ1v) is 7.58. The van der Waals surface area contributed by atoms with Crippen molar-refractivity contribution < 1.29 is 9.21 Å². The molecule has 0 aliphatic heterocycles. The standard InChI is InChI=1S/C17H18N4O2/c1-2-14-16(20-11-23-14)17(22)19-10-9-18-15-8-7-12-5-3-4-6-13(12)21-15/h3-8,11H,2,9-10H2,1H3,(H,18,21)(H,19,22). The van der Waals surface area contributed by atoms with Crippen molar-refractivity contribution in [3.8, 4) is 0 Å². The second-order valence-corrected chi connectivity index (χ2v) is 5.05. The fraction of sp³-hybridized carbons (Fsp3) is 0.235. The van der Waals surface area contributed by atoms with Crippen LogP contribution in [0.3, 0.4) is 0 Å². The van der Waals surface area contributed by atoms with Crippen molar-refractivity contribution in [3.63, 3.8) is 0 Å². The summed E-state index contributed by atoms with van der Waals surface area (Å²) in [6.45, 7) is 2.98. The number of nitrogens with one attached hydrogen (secondary N) is 2. The molecule has 3 rings (SSSR count). The molecule has 23 heavy (non-hydrogen) atoms. The number of carbonyl (C=O) groups excluding carboxylic acids is 1. The minimum absolute atomic E-state index is 0.219. The van der Waals surface area contributed by atoms with Gasteiger partial charge in [-0.2, -0.15) is 0 Å². The van der Waals surface area contributed by atoms with E-state index in [-0.39, 0.29) is 5.91 Å². The third-order valence-corrected chi connectivity index (χ3v) is 3.49. The molecule has 0 aliphatic carbocycles. The number of nitrogens with zero attached hydrogens (tertiary/aromatic N) is 2. The summed E-state index contributed by atoms with van der Waals surface area (Å²) in [4.78, 5) is 20.5. The summed E-state index contributed by atoms with van der Waals surface area (Å²) in [6.07, 6.45) is 1.94. The number of aromatic nitrogens is 2. The number of para-hydroxylation sites is 1. The van der Waals surface area contributed by atoms with E-state index in [1.807, 2.05) is 43.3 Å². The van der Waals surface area contributed by atoms with Gasteiger partial charge < -0.3 is 15.1 Å². The number of aryl methyl sites for hydroxylation is 1. The van der Waals surface area contributed by atoms with E-state index in [0.29, 0.717) is 31.0 Å². The largest absolute Gasteiger partial charge is 0.448 e. The molecule has 0 spiro atoms. The fourth-order valence-corrected chi connectivity index (χ4v) is 2.32. The van der Waals surface area contributed by atoms with Crippen LogP contribution >= 0.6 is 0 Å². The zero-order chi connectivity index (χ0) is 16.1. The highest BCUT2D eigenvalue weighted by Crippen LogP contribution is 2.14. The van der Waals surface area contributed by atoms with Crippen molar-refractivity contribution in [2.24, 2.45) is 0 Å². The summed E-state index contributed by atoms with van der Waals surface area (Å²) in [7, 11) is 0. The van der Waals surface area contributed by atoms with Crippen LogP contribution in [0.15, 0.2) is 47.2 Å². The van der Waals surface area contributed by atoms with Crippen LogP contribution in [0, 0.1) is 0 Å². The average Bonchev–Trinajstić information content (AvgIpc) is 3.07. The normalized spacial score (nSPS) is 10.7. The van der Waals surface area contributed by atoms with E-state index in [2.05, 4.69) is 20.6 Å². The first-order chi connectivity index (χ1) is 11.3. The van der Waals surface area contributed by atoms with Crippen molar-refractivity contribution >= 4 is 22.6 Å². The number of anilines is 1. The zero-order valence-electron chi connectivity index (χ0n) is 12.9. The van der Waals surface area contributed by atoms with Gasteiger partial charge in [-0.3, -0.25) is 4.79 Å². The molecule has 0 saturated heterocycles. The molecular weight excluding hydrogens is 292 g/mol. The Balaban J connectivity index is 1.52. The third kappa shape index (κ3) is 3.48. The van der Waals surface area contributed by atoms with Gasteiger partial charge in [-0.05, 0) is 18.2 Å². The van der Waals surface area contributed by atoms with Gasteiger partial charge in [0, 0.05) is 24.9 Å². The van der Waals surface area contributed by atoms with E-state index in [9.17, 15) is 4.79 Å². The van der Waals surface area contributed by atoms with E-state index in [1.165, 1.54) is 6.39 Å². The zero-order valence-corrected chi connectivity index (χ0v) is 12.9. The molecule has 0 atom stereocenters. The number of oxazole rings is 1. The topological polar surface area (TPSA) is 80.0 Å². The average molecular weight is 310 g/mol. The molecular formula is C17H18N4O2. The highest BCUT2D eigenvalue weighted by molar-refractivity contribution is 5.93. The quantitative estimate of drug-likeness (QED) is 0.684. The Morgan fingerprint density at radius 2 is 2.04 bits per heavy atom. The number of fused-ring (bicyclic) bond motifs is 1. The first-order valence-electron chi connectivity index (χ1n) is 7.58. The summed E-state index contributed by atoms with van der Waals surface area (Å²) in [5.74, 6) is 1.17. The lowest BCUT2D eigenvalue weighted by Gasteiger charge is -2.07. The minimum Gasteiger partial charge on any atom is -0.448 e. The van der Waals surface area contributed by atoms with Crippen LogP contribution in [0.1, 0.15) is 23.2 Å². The van der Waals surface area contributed by atoms with Crippen molar-refractivity contribution in [2.45, 2.75) is 13.3 Å². The Morgan fingerprint density at radius 1 is 1.17 bits per heavy atom. The number of pyridine rings is 1. The maximum atomic E-state index is 12.0. The Bertz CT molecular complexity index is 813. The van der Waals surface area contributed by atoms with Crippen LogP contribution in [0.5, 0.6) is 0 Å². The predicted molar refractivity (Wildman–Crippen MR) is 88.4 cm³/mol. The van der Waals surface area contributed by atoms with E-state index in [0.717, 1.165) is 16.7 Å². The molecule has 0 fully saturated rings. The van der Waals surface area contributed by atoms with E-state index >= 15 is 0 Å². The predicted octanol–water partition coefficient (Wildman–Crippen LogP) is 2.63. The molecule has 118 valence electrons. The van der Waals surface area contributed by atoms with Crippen molar-refractivity contribution in [3.05, 3.63) is 54.2 Å². The number of amides is 1. The van der Waals surface area contributed by atoms with Crippen LogP contribution in [0.25, 0.3) is 10.9 Å². The second kappa shape index (κ2) is 6.91. The van der Waals surface area contributed by atoms with Gasteiger partial charge in [-0.15, -0.1) is 0 Å². The molecule has 1 aromatic carbocycles.